The molecule has 6 heteroatoms. The maximum Gasteiger partial charge on any atom is 0.331 e. The molecule has 0 aliphatic carbocycles. The lowest BCUT2D eigenvalue weighted by atomic mass is 10.0. The lowest BCUT2D eigenvalue weighted by Crippen LogP contribution is -2.23. The molecular formula is C23H26O6. The van der Waals surface area contributed by atoms with Gasteiger partial charge in [-0.15, -0.1) is 0 Å². The highest BCUT2D eigenvalue weighted by Crippen LogP contribution is 2.38. The maximum absolute atomic E-state index is 12.4. The minimum Gasteiger partial charge on any atom is -0.493 e. The van der Waals surface area contributed by atoms with Crippen molar-refractivity contribution in [3.05, 3.63) is 59.2 Å². The molecule has 154 valence electrons. The third kappa shape index (κ3) is 5.60. The van der Waals surface area contributed by atoms with Crippen LogP contribution in [0.25, 0.3) is 6.08 Å². The average Bonchev–Trinajstić information content (AvgIpc) is 2.76. The van der Waals surface area contributed by atoms with Crippen molar-refractivity contribution >= 4 is 17.8 Å². The molecule has 0 radical (unpaired) electrons. The molecule has 0 unspecified atom stereocenters. The smallest absolute Gasteiger partial charge is 0.331 e. The minimum absolute atomic E-state index is 0.248. The molecule has 2 aromatic rings. The van der Waals surface area contributed by atoms with Gasteiger partial charge in [-0.2, -0.15) is 0 Å². The average molecular weight is 398 g/mol. The molecule has 0 aliphatic heterocycles. The summed E-state index contributed by atoms with van der Waals surface area (Å²) in [5, 5.41) is 0. The summed E-state index contributed by atoms with van der Waals surface area (Å²) in [7, 11) is 4.54. The Morgan fingerprint density at radius 3 is 2.03 bits per heavy atom. The Labute approximate surface area is 171 Å². The van der Waals surface area contributed by atoms with Crippen LogP contribution in [0.3, 0.4) is 0 Å². The summed E-state index contributed by atoms with van der Waals surface area (Å²) in [6.45, 7) is 3.60. The summed E-state index contributed by atoms with van der Waals surface area (Å²) in [4.78, 5) is 24.6. The molecular weight excluding hydrogens is 372 g/mol. The van der Waals surface area contributed by atoms with Gasteiger partial charge < -0.3 is 18.9 Å². The van der Waals surface area contributed by atoms with Crippen molar-refractivity contribution in [3.63, 3.8) is 0 Å². The first-order valence-electron chi connectivity index (χ1n) is 9.25. The highest BCUT2D eigenvalue weighted by molar-refractivity contribution is 6.01. The fourth-order valence-corrected chi connectivity index (χ4v) is 2.77. The van der Waals surface area contributed by atoms with Crippen LogP contribution in [-0.4, -0.2) is 39.2 Å². The van der Waals surface area contributed by atoms with Crippen LogP contribution in [0.15, 0.2) is 42.5 Å². The molecule has 0 spiro atoms. The second-order valence-corrected chi connectivity index (χ2v) is 6.29. The topological polar surface area (TPSA) is 71.1 Å². The monoisotopic (exact) mass is 398 g/mol. The molecule has 0 aromatic heterocycles. The summed E-state index contributed by atoms with van der Waals surface area (Å²) < 4.78 is 21.1. The van der Waals surface area contributed by atoms with Gasteiger partial charge in [0.15, 0.2) is 17.6 Å². The van der Waals surface area contributed by atoms with Crippen molar-refractivity contribution in [1.82, 2.24) is 0 Å². The Kier molecular flexibility index (Phi) is 7.83. The number of esters is 1. The fourth-order valence-electron chi connectivity index (χ4n) is 2.77. The molecule has 0 N–H and O–H groups in total. The molecule has 0 aliphatic rings. The molecule has 2 rings (SSSR count). The lowest BCUT2D eigenvalue weighted by Gasteiger charge is -2.13. The van der Waals surface area contributed by atoms with Crippen molar-refractivity contribution in [1.29, 1.82) is 0 Å². The van der Waals surface area contributed by atoms with Gasteiger partial charge in [-0.25, -0.2) is 4.79 Å². The lowest BCUT2D eigenvalue weighted by molar-refractivity contribution is -0.140. The van der Waals surface area contributed by atoms with Gasteiger partial charge in [0.2, 0.25) is 11.5 Å². The van der Waals surface area contributed by atoms with Crippen molar-refractivity contribution < 1.29 is 28.5 Å². The van der Waals surface area contributed by atoms with Crippen molar-refractivity contribution in [2.45, 2.75) is 26.4 Å². The van der Waals surface area contributed by atoms with Crippen molar-refractivity contribution in [2.24, 2.45) is 0 Å². The highest BCUT2D eigenvalue weighted by Gasteiger charge is 2.18. The first-order valence-corrected chi connectivity index (χ1v) is 9.25. The zero-order valence-corrected chi connectivity index (χ0v) is 17.4. The van der Waals surface area contributed by atoms with Gasteiger partial charge in [-0.3, -0.25) is 4.79 Å². The van der Waals surface area contributed by atoms with Crippen LogP contribution in [0.1, 0.15) is 35.3 Å². The maximum atomic E-state index is 12.4. The summed E-state index contributed by atoms with van der Waals surface area (Å²) in [5.74, 6) is 0.535. The first-order chi connectivity index (χ1) is 13.9. The summed E-state index contributed by atoms with van der Waals surface area (Å²) in [6.07, 6.45) is 2.81. The standard InChI is InChI=1S/C23H26O6/c1-6-16-7-10-18(11-8-16)22(25)15(2)29-21(24)12-9-17-13-19(26-3)23(28-5)20(14-17)27-4/h7-15H,6H2,1-5H3/b12-9+/t15-/m1/s1. The van der Waals surface area contributed by atoms with Crippen LogP contribution in [0.4, 0.5) is 0 Å². The Morgan fingerprint density at radius 1 is 0.966 bits per heavy atom. The zero-order valence-electron chi connectivity index (χ0n) is 17.4. The molecule has 0 bridgehead atoms. The zero-order chi connectivity index (χ0) is 21.4. The third-order valence-corrected chi connectivity index (χ3v) is 4.41. The number of benzene rings is 2. The number of carbonyl (C=O) groups excluding carboxylic acids is 2. The highest BCUT2D eigenvalue weighted by atomic mass is 16.5. The molecule has 6 nitrogen and oxygen atoms in total. The second kappa shape index (κ2) is 10.3. The van der Waals surface area contributed by atoms with E-state index in [9.17, 15) is 9.59 Å². The van der Waals surface area contributed by atoms with E-state index in [-0.39, 0.29) is 5.78 Å². The number of ether oxygens (including phenoxy) is 4. The second-order valence-electron chi connectivity index (χ2n) is 6.29. The van der Waals surface area contributed by atoms with Crippen LogP contribution < -0.4 is 14.2 Å². The van der Waals surface area contributed by atoms with Gasteiger partial charge in [0, 0.05) is 11.6 Å². The molecule has 0 heterocycles. The molecule has 0 saturated carbocycles. The molecule has 0 amide bonds. The van der Waals surface area contributed by atoms with Crippen LogP contribution in [0.2, 0.25) is 0 Å². The van der Waals surface area contributed by atoms with Crippen LogP contribution in [-0.2, 0) is 16.0 Å². The number of rotatable bonds is 9. The Bertz CT molecular complexity index is 858. The largest absolute Gasteiger partial charge is 0.493 e. The molecule has 0 fully saturated rings. The van der Waals surface area contributed by atoms with E-state index in [1.165, 1.54) is 27.4 Å². The van der Waals surface area contributed by atoms with Crippen LogP contribution in [0, 0.1) is 0 Å². The van der Waals surface area contributed by atoms with Crippen LogP contribution in [0.5, 0.6) is 17.2 Å². The van der Waals surface area contributed by atoms with E-state index in [4.69, 9.17) is 18.9 Å². The SMILES string of the molecule is CCc1ccc(C(=O)[C@@H](C)OC(=O)/C=C/c2cc(OC)c(OC)c(OC)c2)cc1. The van der Waals surface area contributed by atoms with Crippen molar-refractivity contribution in [2.75, 3.05) is 21.3 Å². The predicted octanol–water partition coefficient (Wildman–Crippen LogP) is 4.10. The molecule has 29 heavy (non-hydrogen) atoms. The minimum atomic E-state index is -0.889. The number of methoxy groups -OCH3 is 3. The van der Waals surface area contributed by atoms with E-state index in [2.05, 4.69) is 0 Å². The van der Waals surface area contributed by atoms with Crippen LogP contribution >= 0.6 is 0 Å². The van der Waals surface area contributed by atoms with Gasteiger partial charge in [0.05, 0.1) is 21.3 Å². The van der Waals surface area contributed by atoms with Gasteiger partial charge >= 0.3 is 5.97 Å². The van der Waals surface area contributed by atoms with Gasteiger partial charge in [0.1, 0.15) is 0 Å². The summed E-state index contributed by atoms with van der Waals surface area (Å²) in [6, 6.07) is 10.7. The quantitative estimate of drug-likeness (QED) is 0.360. The van der Waals surface area contributed by atoms with E-state index in [1.807, 2.05) is 19.1 Å². The fraction of sp³-hybridized carbons (Fsp3) is 0.304. The normalized spacial score (nSPS) is 11.8. The summed E-state index contributed by atoms with van der Waals surface area (Å²) in [5.41, 5.74) is 2.31. The first kappa shape index (κ1) is 22.0. The Morgan fingerprint density at radius 2 is 1.55 bits per heavy atom. The van der Waals surface area contributed by atoms with E-state index in [0.29, 0.717) is 28.4 Å². The van der Waals surface area contributed by atoms with Gasteiger partial charge in [0.25, 0.3) is 0 Å². The molecule has 1 atom stereocenters. The number of hydrogen-bond acceptors (Lipinski definition) is 6. The Balaban J connectivity index is 2.07. The predicted molar refractivity (Wildman–Crippen MR) is 111 cm³/mol. The van der Waals surface area contributed by atoms with E-state index in [0.717, 1.165) is 12.0 Å². The molecule has 0 saturated heterocycles. The number of carbonyl (C=O) groups is 2. The number of hydrogen-bond donors (Lipinski definition) is 0. The summed E-state index contributed by atoms with van der Waals surface area (Å²) >= 11 is 0. The van der Waals surface area contributed by atoms with Crippen molar-refractivity contribution in [3.8, 4) is 17.2 Å². The van der Waals surface area contributed by atoms with E-state index < -0.39 is 12.1 Å². The van der Waals surface area contributed by atoms with E-state index >= 15 is 0 Å². The third-order valence-electron chi connectivity index (χ3n) is 4.41. The van der Waals surface area contributed by atoms with Gasteiger partial charge in [-0.05, 0) is 42.7 Å². The Hall–Kier alpha value is -3.28. The number of ketones is 1. The van der Waals surface area contributed by atoms with Gasteiger partial charge in [-0.1, -0.05) is 31.2 Å². The number of Topliss-reactive ketones (excluding diaryl/α,β-unsaturated/α-hetero) is 1. The molecule has 2 aromatic carbocycles. The van der Waals surface area contributed by atoms with E-state index in [1.54, 1.807) is 37.3 Å². The number of aryl methyl sites for hydroxylation is 1.